The number of fused-ring (bicyclic) bond motifs is 3. The summed E-state index contributed by atoms with van der Waals surface area (Å²) < 4.78 is 0. The highest BCUT2D eigenvalue weighted by Crippen LogP contribution is 2.53. The Balaban J connectivity index is 1.49. The van der Waals surface area contributed by atoms with E-state index in [1.807, 2.05) is 36.4 Å². The van der Waals surface area contributed by atoms with Gasteiger partial charge < -0.3 is 5.73 Å². The number of amides is 2. The second kappa shape index (κ2) is 6.77. The zero-order valence-corrected chi connectivity index (χ0v) is 16.0. The number of carbonyl (C=O) groups excluding carboxylic acids is 2. The summed E-state index contributed by atoms with van der Waals surface area (Å²) in [5, 5.41) is 7.60. The van der Waals surface area contributed by atoms with Crippen LogP contribution in [0.4, 0.5) is 0 Å². The van der Waals surface area contributed by atoms with Crippen LogP contribution >= 0.6 is 0 Å². The standard InChI is InChI=1S/C22H23N5O2/c23-20(24)15-5-3-14(4-6-15)19-18-17(16-2-1-11-26(16)19)21(28)27(22(18)29)12-13-7-9-25-10-8-13/h3-10,16-19H,1-2,11-12H2,(H3,23,24)/t16-,17-,18-,19-/m0/s1. The Labute approximate surface area is 169 Å². The number of imide groups is 1. The molecule has 4 atom stereocenters. The molecule has 1 aromatic carbocycles. The predicted octanol–water partition coefficient (Wildman–Crippen LogP) is 1.69. The molecule has 4 heterocycles. The van der Waals surface area contributed by atoms with Gasteiger partial charge in [0, 0.05) is 30.0 Å². The van der Waals surface area contributed by atoms with Crippen LogP contribution in [0, 0.1) is 17.2 Å². The number of hydrogen-bond acceptors (Lipinski definition) is 5. The number of amidine groups is 1. The maximum Gasteiger partial charge on any atom is 0.235 e. The minimum Gasteiger partial charge on any atom is -0.384 e. The van der Waals surface area contributed by atoms with Crippen molar-refractivity contribution in [3.05, 3.63) is 65.5 Å². The summed E-state index contributed by atoms with van der Waals surface area (Å²) >= 11 is 0. The van der Waals surface area contributed by atoms with Gasteiger partial charge in [-0.2, -0.15) is 0 Å². The van der Waals surface area contributed by atoms with E-state index in [0.29, 0.717) is 12.1 Å². The van der Waals surface area contributed by atoms with Gasteiger partial charge in [-0.3, -0.25) is 29.8 Å². The van der Waals surface area contributed by atoms with Crippen molar-refractivity contribution in [2.24, 2.45) is 17.6 Å². The van der Waals surface area contributed by atoms with Crippen molar-refractivity contribution in [1.29, 1.82) is 5.41 Å². The number of carbonyl (C=O) groups is 2. The Kier molecular flexibility index (Phi) is 4.20. The number of nitrogens with two attached hydrogens (primary N) is 1. The molecule has 29 heavy (non-hydrogen) atoms. The molecule has 7 heteroatoms. The summed E-state index contributed by atoms with van der Waals surface area (Å²) in [6, 6.07) is 11.2. The van der Waals surface area contributed by atoms with E-state index in [2.05, 4.69) is 9.88 Å². The van der Waals surface area contributed by atoms with E-state index < -0.39 is 0 Å². The Morgan fingerprint density at radius 3 is 2.45 bits per heavy atom. The molecule has 2 aromatic rings. The van der Waals surface area contributed by atoms with E-state index in [4.69, 9.17) is 11.1 Å². The summed E-state index contributed by atoms with van der Waals surface area (Å²) in [5.74, 6) is -0.721. The van der Waals surface area contributed by atoms with Gasteiger partial charge in [0.05, 0.1) is 18.4 Å². The number of pyridine rings is 1. The van der Waals surface area contributed by atoms with Gasteiger partial charge in [0.2, 0.25) is 11.8 Å². The Morgan fingerprint density at radius 1 is 1.07 bits per heavy atom. The summed E-state index contributed by atoms with van der Waals surface area (Å²) in [4.78, 5) is 34.5. The quantitative estimate of drug-likeness (QED) is 0.470. The highest BCUT2D eigenvalue weighted by Gasteiger charge is 2.62. The molecule has 5 rings (SSSR count). The van der Waals surface area contributed by atoms with E-state index in [0.717, 1.165) is 30.5 Å². The fraction of sp³-hybridized carbons (Fsp3) is 0.364. The molecule has 0 saturated carbocycles. The Hall–Kier alpha value is -3.06. The largest absolute Gasteiger partial charge is 0.384 e. The molecule has 148 valence electrons. The fourth-order valence-electron chi connectivity index (χ4n) is 5.35. The Bertz CT molecular complexity index is 974. The van der Waals surface area contributed by atoms with Gasteiger partial charge in [-0.1, -0.05) is 24.3 Å². The molecular weight excluding hydrogens is 366 g/mol. The first kappa shape index (κ1) is 18.0. The lowest BCUT2D eigenvalue weighted by Crippen LogP contribution is -2.38. The number of benzene rings is 1. The van der Waals surface area contributed by atoms with Crippen LogP contribution in [0.2, 0.25) is 0 Å². The molecule has 3 N–H and O–H groups in total. The molecule has 0 radical (unpaired) electrons. The van der Waals surface area contributed by atoms with Gasteiger partial charge in [0.1, 0.15) is 5.84 Å². The number of rotatable bonds is 4. The highest BCUT2D eigenvalue weighted by molar-refractivity contribution is 6.06. The Morgan fingerprint density at radius 2 is 1.76 bits per heavy atom. The molecule has 3 aliphatic heterocycles. The van der Waals surface area contributed by atoms with Gasteiger partial charge in [-0.25, -0.2) is 0 Å². The smallest absolute Gasteiger partial charge is 0.235 e. The number of nitrogens with one attached hydrogen (secondary N) is 1. The van der Waals surface area contributed by atoms with Crippen molar-refractivity contribution in [3.8, 4) is 0 Å². The van der Waals surface area contributed by atoms with E-state index in [9.17, 15) is 9.59 Å². The molecule has 3 aliphatic rings. The first-order chi connectivity index (χ1) is 14.1. The summed E-state index contributed by atoms with van der Waals surface area (Å²) in [5.41, 5.74) is 8.17. The van der Waals surface area contributed by atoms with Crippen molar-refractivity contribution in [3.63, 3.8) is 0 Å². The average Bonchev–Trinajstić information content (AvgIpc) is 3.37. The van der Waals surface area contributed by atoms with Crippen LogP contribution in [0.5, 0.6) is 0 Å². The number of aromatic nitrogens is 1. The third-order valence-electron chi connectivity index (χ3n) is 6.60. The minimum atomic E-state index is -0.349. The first-order valence-electron chi connectivity index (χ1n) is 10.0. The molecule has 3 fully saturated rings. The number of nitrogens with zero attached hydrogens (tertiary/aromatic N) is 3. The monoisotopic (exact) mass is 389 g/mol. The fourth-order valence-corrected chi connectivity index (χ4v) is 5.35. The van der Waals surface area contributed by atoms with Crippen LogP contribution in [0.3, 0.4) is 0 Å². The lowest BCUT2D eigenvalue weighted by atomic mass is 9.85. The molecule has 3 saturated heterocycles. The van der Waals surface area contributed by atoms with E-state index >= 15 is 0 Å². The van der Waals surface area contributed by atoms with Gasteiger partial charge in [0.15, 0.2) is 0 Å². The van der Waals surface area contributed by atoms with Crippen LogP contribution in [-0.2, 0) is 16.1 Å². The van der Waals surface area contributed by atoms with Gasteiger partial charge in [0.25, 0.3) is 0 Å². The van der Waals surface area contributed by atoms with Crippen molar-refractivity contribution in [1.82, 2.24) is 14.8 Å². The summed E-state index contributed by atoms with van der Waals surface area (Å²) in [7, 11) is 0. The first-order valence-corrected chi connectivity index (χ1v) is 10.0. The lowest BCUT2D eigenvalue weighted by molar-refractivity contribution is -0.142. The summed E-state index contributed by atoms with van der Waals surface area (Å²) in [6.07, 6.45) is 5.35. The molecule has 0 spiro atoms. The van der Waals surface area contributed by atoms with Crippen molar-refractivity contribution in [2.75, 3.05) is 6.54 Å². The summed E-state index contributed by atoms with van der Waals surface area (Å²) in [6.45, 7) is 1.21. The maximum atomic E-state index is 13.4. The van der Waals surface area contributed by atoms with Crippen LogP contribution in [0.25, 0.3) is 0 Å². The topological polar surface area (TPSA) is 103 Å². The highest BCUT2D eigenvalue weighted by atomic mass is 16.2. The van der Waals surface area contributed by atoms with Crippen LogP contribution in [-0.4, -0.2) is 45.0 Å². The van der Waals surface area contributed by atoms with Crippen molar-refractivity contribution >= 4 is 17.6 Å². The van der Waals surface area contributed by atoms with Gasteiger partial charge in [-0.05, 0) is 42.6 Å². The van der Waals surface area contributed by atoms with Crippen LogP contribution in [0.1, 0.15) is 35.6 Å². The normalized spacial score (nSPS) is 28.6. The van der Waals surface area contributed by atoms with Gasteiger partial charge in [-0.15, -0.1) is 0 Å². The SMILES string of the molecule is N=C(N)c1ccc([C@H]2[C@H]3C(=O)N(Cc4ccncc4)C(=O)[C@H]3[C@@H]3CCCN32)cc1. The second-order valence-corrected chi connectivity index (χ2v) is 8.10. The lowest BCUT2D eigenvalue weighted by Gasteiger charge is -2.29. The maximum absolute atomic E-state index is 13.4. The zero-order valence-electron chi connectivity index (χ0n) is 16.0. The predicted molar refractivity (Wildman–Crippen MR) is 107 cm³/mol. The van der Waals surface area contributed by atoms with E-state index in [1.165, 1.54) is 4.90 Å². The molecule has 7 nitrogen and oxygen atoms in total. The molecule has 2 amide bonds. The minimum absolute atomic E-state index is 0.0237. The molecule has 0 aliphatic carbocycles. The van der Waals surface area contributed by atoms with Crippen molar-refractivity contribution < 1.29 is 9.59 Å². The number of nitrogen functional groups attached to an aromatic ring is 1. The molecule has 0 bridgehead atoms. The molecular formula is C22H23N5O2. The third-order valence-corrected chi connectivity index (χ3v) is 6.60. The van der Waals surface area contributed by atoms with E-state index in [1.54, 1.807) is 12.4 Å². The third kappa shape index (κ3) is 2.76. The number of hydrogen-bond donors (Lipinski definition) is 2. The van der Waals surface area contributed by atoms with Gasteiger partial charge >= 0.3 is 0 Å². The van der Waals surface area contributed by atoms with E-state index in [-0.39, 0.29) is 41.6 Å². The second-order valence-electron chi connectivity index (χ2n) is 8.10. The average molecular weight is 389 g/mol. The van der Waals surface area contributed by atoms with Crippen LogP contribution < -0.4 is 5.73 Å². The molecule has 1 aromatic heterocycles. The molecule has 0 unspecified atom stereocenters. The number of likely N-dealkylation sites (tertiary alicyclic amines) is 1. The zero-order chi connectivity index (χ0) is 20.1. The van der Waals surface area contributed by atoms with Crippen LogP contribution in [0.15, 0.2) is 48.8 Å². The van der Waals surface area contributed by atoms with Crippen molar-refractivity contribution in [2.45, 2.75) is 31.5 Å².